The third-order valence-electron chi connectivity index (χ3n) is 4.64. The second-order valence-corrected chi connectivity index (χ2v) is 9.13. The number of carbonyl (C=O) groups is 1. The number of thiophene rings is 1. The molecule has 1 aliphatic carbocycles. The highest BCUT2D eigenvalue weighted by atomic mass is 32.2. The van der Waals surface area contributed by atoms with Crippen molar-refractivity contribution in [3.8, 4) is 5.00 Å². The molecule has 3 aromatic rings. The monoisotopic (exact) mass is 418 g/mol. The minimum atomic E-state index is -3.70. The minimum Gasteiger partial charge on any atom is -0.352 e. The molecule has 0 fully saturated rings. The smallest absolute Gasteiger partial charge is 0.254 e. The van der Waals surface area contributed by atoms with Crippen LogP contribution in [0.2, 0.25) is 0 Å². The van der Waals surface area contributed by atoms with Crippen molar-refractivity contribution in [1.82, 2.24) is 25.5 Å². The molecule has 11 heteroatoms. The van der Waals surface area contributed by atoms with Crippen LogP contribution in [-0.4, -0.2) is 41.1 Å². The number of nitrogens with two attached hydrogens (primary N) is 1. The molecular weight excluding hydrogens is 400 g/mol. The molecule has 28 heavy (non-hydrogen) atoms. The lowest BCUT2D eigenvalue weighted by molar-refractivity contribution is 0.0953. The molecule has 2 heterocycles. The van der Waals surface area contributed by atoms with E-state index in [-0.39, 0.29) is 10.8 Å². The predicted molar refractivity (Wildman–Crippen MR) is 103 cm³/mol. The summed E-state index contributed by atoms with van der Waals surface area (Å²) >= 11 is 1.56. The van der Waals surface area contributed by atoms with E-state index in [1.165, 1.54) is 28.0 Å². The van der Waals surface area contributed by atoms with Gasteiger partial charge in [-0.05, 0) is 59.4 Å². The summed E-state index contributed by atoms with van der Waals surface area (Å²) in [7, 11) is -3.70. The number of aromatic nitrogens is 4. The van der Waals surface area contributed by atoms with Crippen molar-refractivity contribution in [2.75, 3.05) is 6.54 Å². The average Bonchev–Trinajstić information content (AvgIpc) is 3.37. The first-order chi connectivity index (χ1) is 13.4. The minimum absolute atomic E-state index is 0.0696. The summed E-state index contributed by atoms with van der Waals surface area (Å²) < 4.78 is 24.1. The van der Waals surface area contributed by atoms with Crippen LogP contribution in [0.25, 0.3) is 5.00 Å². The van der Waals surface area contributed by atoms with E-state index in [4.69, 9.17) is 5.14 Å². The summed E-state index contributed by atoms with van der Waals surface area (Å²) in [5.41, 5.74) is 2.64. The Bertz CT molecular complexity index is 1100. The van der Waals surface area contributed by atoms with E-state index in [0.29, 0.717) is 18.5 Å². The highest BCUT2D eigenvalue weighted by Crippen LogP contribution is 2.37. The summed E-state index contributed by atoms with van der Waals surface area (Å²) in [6.07, 6.45) is 4.96. The summed E-state index contributed by atoms with van der Waals surface area (Å²) in [6, 6.07) is 6.32. The zero-order chi connectivity index (χ0) is 19.7. The Labute approximate surface area is 165 Å². The van der Waals surface area contributed by atoms with Gasteiger partial charge in [-0.2, -0.15) is 4.68 Å². The highest BCUT2D eigenvalue weighted by molar-refractivity contribution is 7.89. The SMILES string of the molecule is NS(=O)(=O)c1ccc(CCNC(=O)c2c(-n3cnnn3)sc3c2CCC3)cc1. The second kappa shape index (κ2) is 7.41. The number of carbonyl (C=O) groups excluding carboxylic acids is 1. The van der Waals surface area contributed by atoms with Crippen molar-refractivity contribution in [1.29, 1.82) is 0 Å². The van der Waals surface area contributed by atoms with Crippen molar-refractivity contribution in [2.24, 2.45) is 5.14 Å². The molecule has 0 atom stereocenters. The van der Waals surface area contributed by atoms with E-state index in [2.05, 4.69) is 20.8 Å². The molecule has 0 bridgehead atoms. The quantitative estimate of drug-likeness (QED) is 0.609. The maximum absolute atomic E-state index is 12.9. The van der Waals surface area contributed by atoms with Crippen LogP contribution in [0, 0.1) is 0 Å². The van der Waals surface area contributed by atoms with Crippen LogP contribution >= 0.6 is 11.3 Å². The molecule has 0 spiro atoms. The number of aryl methyl sites for hydroxylation is 1. The molecule has 4 rings (SSSR count). The molecule has 1 aromatic carbocycles. The van der Waals surface area contributed by atoms with Gasteiger partial charge in [0, 0.05) is 11.4 Å². The molecule has 0 unspecified atom stereocenters. The van der Waals surface area contributed by atoms with Gasteiger partial charge in [0.25, 0.3) is 5.91 Å². The van der Waals surface area contributed by atoms with Crippen LogP contribution in [0.1, 0.15) is 32.8 Å². The molecule has 0 saturated carbocycles. The van der Waals surface area contributed by atoms with Crippen molar-refractivity contribution in [3.05, 3.63) is 52.2 Å². The van der Waals surface area contributed by atoms with Gasteiger partial charge in [0.05, 0.1) is 10.5 Å². The molecule has 1 amide bonds. The van der Waals surface area contributed by atoms with Gasteiger partial charge in [-0.3, -0.25) is 4.79 Å². The maximum atomic E-state index is 12.9. The summed E-state index contributed by atoms with van der Waals surface area (Å²) in [4.78, 5) is 14.2. The first-order valence-corrected chi connectivity index (χ1v) is 11.1. The van der Waals surface area contributed by atoms with Crippen molar-refractivity contribution in [3.63, 3.8) is 0 Å². The van der Waals surface area contributed by atoms with Gasteiger partial charge in [0.15, 0.2) is 0 Å². The van der Waals surface area contributed by atoms with Crippen LogP contribution in [0.5, 0.6) is 0 Å². The Morgan fingerprint density at radius 2 is 2.04 bits per heavy atom. The normalized spacial score (nSPS) is 13.5. The number of hydrogen-bond donors (Lipinski definition) is 2. The fourth-order valence-electron chi connectivity index (χ4n) is 3.29. The molecular formula is C17H18N6O3S2. The van der Waals surface area contributed by atoms with Gasteiger partial charge < -0.3 is 5.32 Å². The molecule has 0 saturated heterocycles. The molecule has 9 nitrogen and oxygen atoms in total. The Morgan fingerprint density at radius 1 is 1.25 bits per heavy atom. The Kier molecular flexibility index (Phi) is 4.96. The summed E-state index contributed by atoms with van der Waals surface area (Å²) in [5.74, 6) is -0.147. The van der Waals surface area contributed by atoms with E-state index in [1.807, 2.05) is 0 Å². The van der Waals surface area contributed by atoms with E-state index >= 15 is 0 Å². The van der Waals surface area contributed by atoms with E-state index in [1.54, 1.807) is 23.5 Å². The zero-order valence-corrected chi connectivity index (χ0v) is 16.5. The number of rotatable bonds is 6. The third-order valence-corrected chi connectivity index (χ3v) is 6.85. The number of nitrogens with zero attached hydrogens (tertiary/aromatic N) is 4. The van der Waals surface area contributed by atoms with Gasteiger partial charge in [0.1, 0.15) is 11.3 Å². The van der Waals surface area contributed by atoms with Crippen LogP contribution in [0.15, 0.2) is 35.5 Å². The highest BCUT2D eigenvalue weighted by Gasteiger charge is 2.27. The Hall–Kier alpha value is -2.63. The fraction of sp³-hybridized carbons (Fsp3) is 0.294. The van der Waals surface area contributed by atoms with Crippen molar-refractivity contribution in [2.45, 2.75) is 30.6 Å². The first-order valence-electron chi connectivity index (χ1n) is 8.71. The largest absolute Gasteiger partial charge is 0.352 e. The van der Waals surface area contributed by atoms with Gasteiger partial charge >= 0.3 is 0 Å². The number of sulfonamides is 1. The van der Waals surface area contributed by atoms with Gasteiger partial charge in [-0.1, -0.05) is 12.1 Å². The summed E-state index contributed by atoms with van der Waals surface area (Å²) in [6.45, 7) is 0.424. The van der Waals surface area contributed by atoms with Crippen molar-refractivity contribution < 1.29 is 13.2 Å². The number of amides is 1. The number of fused-ring (bicyclic) bond motifs is 1. The maximum Gasteiger partial charge on any atom is 0.254 e. The van der Waals surface area contributed by atoms with Gasteiger partial charge in [-0.25, -0.2) is 13.6 Å². The summed E-state index contributed by atoms with van der Waals surface area (Å²) in [5, 5.41) is 20.0. The Morgan fingerprint density at radius 3 is 2.71 bits per heavy atom. The molecule has 1 aliphatic rings. The average molecular weight is 419 g/mol. The Balaban J connectivity index is 1.46. The van der Waals surface area contributed by atoms with Crippen LogP contribution < -0.4 is 10.5 Å². The molecule has 0 radical (unpaired) electrons. The lowest BCUT2D eigenvalue weighted by Crippen LogP contribution is -2.27. The van der Waals surface area contributed by atoms with Gasteiger partial charge in [0.2, 0.25) is 10.0 Å². The van der Waals surface area contributed by atoms with E-state index in [0.717, 1.165) is 35.4 Å². The number of benzene rings is 1. The van der Waals surface area contributed by atoms with Crippen LogP contribution in [0.3, 0.4) is 0 Å². The third kappa shape index (κ3) is 3.68. The molecule has 3 N–H and O–H groups in total. The lowest BCUT2D eigenvalue weighted by Gasteiger charge is -2.08. The van der Waals surface area contributed by atoms with Gasteiger partial charge in [-0.15, -0.1) is 16.4 Å². The number of nitrogens with one attached hydrogen (secondary N) is 1. The number of tetrazole rings is 1. The lowest BCUT2D eigenvalue weighted by atomic mass is 10.1. The molecule has 0 aliphatic heterocycles. The fourth-order valence-corrected chi connectivity index (χ4v) is 5.11. The number of primary sulfonamides is 1. The van der Waals surface area contributed by atoms with Crippen LogP contribution in [0.4, 0.5) is 0 Å². The topological polar surface area (TPSA) is 133 Å². The predicted octanol–water partition coefficient (Wildman–Crippen LogP) is 0.832. The second-order valence-electron chi connectivity index (χ2n) is 6.49. The van der Waals surface area contributed by atoms with Crippen LogP contribution in [-0.2, 0) is 29.3 Å². The first kappa shape index (κ1) is 18.7. The molecule has 146 valence electrons. The zero-order valence-electron chi connectivity index (χ0n) is 14.8. The standard InChI is InChI=1S/C17H18N6O3S2/c18-28(25,26)12-6-4-11(5-7-12)8-9-19-16(24)15-13-2-1-3-14(13)27-17(15)23-10-20-21-22-23/h4-7,10H,1-3,8-9H2,(H,19,24)(H2,18,25,26). The number of hydrogen-bond acceptors (Lipinski definition) is 7. The molecule has 2 aromatic heterocycles. The van der Waals surface area contributed by atoms with E-state index in [9.17, 15) is 13.2 Å². The van der Waals surface area contributed by atoms with Crippen molar-refractivity contribution >= 4 is 27.3 Å². The van der Waals surface area contributed by atoms with E-state index < -0.39 is 10.0 Å².